The maximum absolute atomic E-state index is 13.0. The Morgan fingerprint density at radius 3 is 2.73 bits per heavy atom. The molecule has 7 nitrogen and oxygen atoms in total. The second-order valence-corrected chi connectivity index (χ2v) is 8.34. The minimum absolute atomic E-state index is 0.0889. The van der Waals surface area contributed by atoms with E-state index in [1.807, 2.05) is 9.80 Å². The van der Waals surface area contributed by atoms with Gasteiger partial charge in [0, 0.05) is 31.1 Å². The zero-order valence-corrected chi connectivity index (χ0v) is 18.0. The van der Waals surface area contributed by atoms with Crippen LogP contribution in [0.15, 0.2) is 33.3 Å². The number of nitrogens with zero attached hydrogens (tertiary/aromatic N) is 4. The first-order chi connectivity index (χ1) is 14.6. The largest absolute Gasteiger partial charge is 0.459 e. The number of amides is 1. The van der Waals surface area contributed by atoms with Crippen LogP contribution in [0.25, 0.3) is 11.7 Å². The van der Waals surface area contributed by atoms with Crippen LogP contribution >= 0.6 is 11.3 Å². The van der Waals surface area contributed by atoms with Crippen molar-refractivity contribution in [2.75, 3.05) is 31.1 Å². The monoisotopic (exact) mass is 424 g/mol. The lowest BCUT2D eigenvalue weighted by Crippen LogP contribution is -2.48. The Hall–Kier alpha value is -3.05. The molecule has 1 aliphatic rings. The number of piperazine rings is 1. The number of nitriles is 1. The van der Waals surface area contributed by atoms with Crippen molar-refractivity contribution < 1.29 is 13.6 Å². The Balaban J connectivity index is 1.45. The first-order valence-corrected chi connectivity index (χ1v) is 11.1. The maximum Gasteiger partial charge on any atom is 0.266 e. The molecule has 1 saturated heterocycles. The number of carbonyl (C=O) groups excluding carboxylic acids is 1. The van der Waals surface area contributed by atoms with Crippen molar-refractivity contribution in [3.8, 4) is 17.7 Å². The zero-order chi connectivity index (χ0) is 21.1. The predicted molar refractivity (Wildman–Crippen MR) is 115 cm³/mol. The summed E-state index contributed by atoms with van der Waals surface area (Å²) in [5.74, 6) is 1.30. The molecule has 0 saturated carbocycles. The van der Waals surface area contributed by atoms with E-state index in [0.717, 1.165) is 24.1 Å². The lowest BCUT2D eigenvalue weighted by atomic mass is 10.1. The van der Waals surface area contributed by atoms with Gasteiger partial charge in [0.05, 0.1) is 11.1 Å². The van der Waals surface area contributed by atoms with Gasteiger partial charge in [-0.1, -0.05) is 20.3 Å². The standard InChI is InChI=1S/C22H24N4O3S/c1-3-6-18-15(4-2)13-19(30-18)21(27)25-8-10-26(11-9-25)22-16(14-23)24-20(29-22)17-7-5-12-28-17/h5,7,12-13H,3-4,6,8-11H2,1-2H3. The van der Waals surface area contributed by atoms with Crippen LogP contribution in [-0.4, -0.2) is 42.0 Å². The van der Waals surface area contributed by atoms with Crippen LogP contribution < -0.4 is 4.90 Å². The second kappa shape index (κ2) is 8.76. The first kappa shape index (κ1) is 20.2. The molecule has 8 heteroatoms. The summed E-state index contributed by atoms with van der Waals surface area (Å²) in [6.07, 6.45) is 4.59. The zero-order valence-electron chi connectivity index (χ0n) is 17.2. The summed E-state index contributed by atoms with van der Waals surface area (Å²) < 4.78 is 11.1. The van der Waals surface area contributed by atoms with Gasteiger partial charge < -0.3 is 18.6 Å². The number of thiophene rings is 1. The van der Waals surface area contributed by atoms with Crippen molar-refractivity contribution in [1.29, 1.82) is 5.26 Å². The van der Waals surface area contributed by atoms with Crippen molar-refractivity contribution in [3.63, 3.8) is 0 Å². The fourth-order valence-corrected chi connectivity index (χ4v) is 5.01. The van der Waals surface area contributed by atoms with Crippen LogP contribution in [0.1, 0.15) is 46.1 Å². The average molecular weight is 425 g/mol. The molecule has 0 unspecified atom stereocenters. The lowest BCUT2D eigenvalue weighted by molar-refractivity contribution is 0.0750. The van der Waals surface area contributed by atoms with Crippen molar-refractivity contribution in [3.05, 3.63) is 45.5 Å². The van der Waals surface area contributed by atoms with Gasteiger partial charge >= 0.3 is 0 Å². The normalized spacial score (nSPS) is 14.2. The van der Waals surface area contributed by atoms with Crippen LogP contribution in [0.2, 0.25) is 0 Å². The molecule has 3 aromatic heterocycles. The molecule has 1 aliphatic heterocycles. The molecule has 0 atom stereocenters. The summed E-state index contributed by atoms with van der Waals surface area (Å²) in [5, 5.41) is 9.45. The van der Waals surface area contributed by atoms with E-state index in [0.29, 0.717) is 43.7 Å². The smallest absolute Gasteiger partial charge is 0.266 e. The Kier molecular flexibility index (Phi) is 5.91. The lowest BCUT2D eigenvalue weighted by Gasteiger charge is -2.34. The third-order valence-corrected chi connectivity index (χ3v) is 6.49. The van der Waals surface area contributed by atoms with Crippen LogP contribution in [0.4, 0.5) is 5.88 Å². The van der Waals surface area contributed by atoms with E-state index >= 15 is 0 Å². The van der Waals surface area contributed by atoms with Crippen LogP contribution in [0.3, 0.4) is 0 Å². The van der Waals surface area contributed by atoms with Gasteiger partial charge in [-0.15, -0.1) is 11.3 Å². The van der Waals surface area contributed by atoms with E-state index in [2.05, 4.69) is 31.0 Å². The fourth-order valence-electron chi connectivity index (χ4n) is 3.68. The highest BCUT2D eigenvalue weighted by atomic mass is 32.1. The van der Waals surface area contributed by atoms with Gasteiger partial charge in [-0.2, -0.15) is 10.2 Å². The van der Waals surface area contributed by atoms with Crippen molar-refractivity contribution >= 4 is 23.1 Å². The number of hydrogen-bond acceptors (Lipinski definition) is 7. The van der Waals surface area contributed by atoms with Gasteiger partial charge in [0.15, 0.2) is 5.76 Å². The van der Waals surface area contributed by atoms with E-state index in [1.54, 1.807) is 23.5 Å². The molecule has 4 rings (SSSR count). The molecule has 0 bridgehead atoms. The van der Waals surface area contributed by atoms with Crippen LogP contribution in [-0.2, 0) is 12.8 Å². The minimum Gasteiger partial charge on any atom is -0.459 e. The molecule has 0 aromatic carbocycles. The van der Waals surface area contributed by atoms with E-state index in [4.69, 9.17) is 8.83 Å². The van der Waals surface area contributed by atoms with Crippen molar-refractivity contribution in [1.82, 2.24) is 9.88 Å². The van der Waals surface area contributed by atoms with Crippen LogP contribution in [0.5, 0.6) is 0 Å². The highest BCUT2D eigenvalue weighted by molar-refractivity contribution is 7.14. The average Bonchev–Trinajstić information content (AvgIpc) is 3.52. The minimum atomic E-state index is 0.0889. The topological polar surface area (TPSA) is 86.5 Å². The number of oxazole rings is 1. The molecule has 0 aliphatic carbocycles. The van der Waals surface area contributed by atoms with E-state index in [-0.39, 0.29) is 11.6 Å². The molecule has 0 radical (unpaired) electrons. The van der Waals surface area contributed by atoms with Gasteiger partial charge in [-0.3, -0.25) is 4.79 Å². The summed E-state index contributed by atoms with van der Waals surface area (Å²) in [6.45, 7) is 6.61. The van der Waals surface area contributed by atoms with Gasteiger partial charge in [-0.25, -0.2) is 0 Å². The Labute approximate surface area is 179 Å². The third kappa shape index (κ3) is 3.85. The van der Waals surface area contributed by atoms with E-state index in [1.165, 1.54) is 16.7 Å². The number of aryl methyl sites for hydroxylation is 2. The molecule has 1 fully saturated rings. The molecular formula is C22H24N4O3S. The molecule has 3 aromatic rings. The third-order valence-electron chi connectivity index (χ3n) is 5.27. The molecular weight excluding hydrogens is 400 g/mol. The van der Waals surface area contributed by atoms with Crippen molar-refractivity contribution in [2.24, 2.45) is 0 Å². The summed E-state index contributed by atoms with van der Waals surface area (Å²) in [5.41, 5.74) is 1.52. The summed E-state index contributed by atoms with van der Waals surface area (Å²) in [6, 6.07) is 7.64. The summed E-state index contributed by atoms with van der Waals surface area (Å²) >= 11 is 1.63. The molecule has 4 heterocycles. The van der Waals surface area contributed by atoms with Gasteiger partial charge in [0.2, 0.25) is 11.6 Å². The number of hydrogen-bond donors (Lipinski definition) is 0. The second-order valence-electron chi connectivity index (χ2n) is 7.20. The Morgan fingerprint density at radius 1 is 1.30 bits per heavy atom. The first-order valence-electron chi connectivity index (χ1n) is 10.2. The number of furan rings is 1. The Morgan fingerprint density at radius 2 is 2.10 bits per heavy atom. The maximum atomic E-state index is 13.0. The SMILES string of the molecule is CCCc1sc(C(=O)N2CCN(c3oc(-c4ccco4)nc3C#N)CC2)cc1CC. The van der Waals surface area contributed by atoms with Crippen molar-refractivity contribution in [2.45, 2.75) is 33.1 Å². The Bertz CT molecular complexity index is 1050. The number of aromatic nitrogens is 1. The molecule has 156 valence electrons. The fraction of sp³-hybridized carbons (Fsp3) is 0.409. The molecule has 0 spiro atoms. The number of anilines is 1. The highest BCUT2D eigenvalue weighted by Crippen LogP contribution is 2.30. The van der Waals surface area contributed by atoms with E-state index in [9.17, 15) is 10.1 Å². The predicted octanol–water partition coefficient (Wildman–Crippen LogP) is 4.35. The highest BCUT2D eigenvalue weighted by Gasteiger charge is 2.28. The molecule has 1 amide bonds. The number of carbonyl (C=O) groups is 1. The molecule has 30 heavy (non-hydrogen) atoms. The van der Waals surface area contributed by atoms with Gasteiger partial charge in [-0.05, 0) is 36.6 Å². The van der Waals surface area contributed by atoms with Gasteiger partial charge in [0.1, 0.15) is 6.07 Å². The van der Waals surface area contributed by atoms with Crippen LogP contribution in [0, 0.1) is 11.3 Å². The summed E-state index contributed by atoms with van der Waals surface area (Å²) in [7, 11) is 0. The molecule has 0 N–H and O–H groups in total. The summed E-state index contributed by atoms with van der Waals surface area (Å²) in [4.78, 5) is 23.3. The van der Waals surface area contributed by atoms with E-state index < -0.39 is 0 Å². The van der Waals surface area contributed by atoms with Gasteiger partial charge in [0.25, 0.3) is 11.8 Å². The quantitative estimate of drug-likeness (QED) is 0.585. The number of rotatable bonds is 6.